The molecule has 0 unspecified atom stereocenters. The third-order valence-corrected chi connectivity index (χ3v) is 2.60. The molecule has 5 nitrogen and oxygen atoms in total. The fraction of sp³-hybridized carbons (Fsp3) is 0.333. The number of fused-ring (bicyclic) bond motifs is 1. The zero-order chi connectivity index (χ0) is 12.3. The van der Waals surface area contributed by atoms with E-state index in [4.69, 9.17) is 0 Å². The molecule has 90 valence electrons. The molecule has 0 aliphatic carbocycles. The van der Waals surface area contributed by atoms with Crippen molar-refractivity contribution < 1.29 is 9.59 Å². The second-order valence-electron chi connectivity index (χ2n) is 3.90. The minimum absolute atomic E-state index is 0.0435. The Morgan fingerprint density at radius 3 is 3.00 bits per heavy atom. The number of anilines is 2. The van der Waals surface area contributed by atoms with E-state index in [-0.39, 0.29) is 11.9 Å². The van der Waals surface area contributed by atoms with E-state index in [1.54, 1.807) is 6.07 Å². The SMILES string of the molecule is CCNC(=O)Nc1ccc2c(c1)CCC(=O)N2. The highest BCUT2D eigenvalue weighted by molar-refractivity contribution is 5.95. The molecular formula is C12H15N3O2. The van der Waals surface area contributed by atoms with E-state index < -0.39 is 0 Å². The molecule has 1 aromatic rings. The first-order valence-electron chi connectivity index (χ1n) is 5.66. The van der Waals surface area contributed by atoms with Crippen LogP contribution in [0.2, 0.25) is 0 Å². The summed E-state index contributed by atoms with van der Waals surface area (Å²) in [5.41, 5.74) is 2.63. The Morgan fingerprint density at radius 2 is 2.24 bits per heavy atom. The van der Waals surface area contributed by atoms with Crippen molar-refractivity contribution in [3.63, 3.8) is 0 Å². The summed E-state index contributed by atoms with van der Waals surface area (Å²) in [4.78, 5) is 22.5. The van der Waals surface area contributed by atoms with Crippen LogP contribution >= 0.6 is 0 Å². The average molecular weight is 233 g/mol. The Hall–Kier alpha value is -2.04. The number of urea groups is 1. The van der Waals surface area contributed by atoms with Gasteiger partial charge in [0.05, 0.1) is 0 Å². The van der Waals surface area contributed by atoms with Gasteiger partial charge in [-0.05, 0) is 37.1 Å². The molecule has 5 heteroatoms. The molecule has 3 N–H and O–H groups in total. The Morgan fingerprint density at radius 1 is 1.41 bits per heavy atom. The van der Waals surface area contributed by atoms with Gasteiger partial charge < -0.3 is 16.0 Å². The quantitative estimate of drug-likeness (QED) is 0.727. The molecule has 1 aliphatic heterocycles. The highest BCUT2D eigenvalue weighted by Gasteiger charge is 2.14. The summed E-state index contributed by atoms with van der Waals surface area (Å²) >= 11 is 0. The van der Waals surface area contributed by atoms with Gasteiger partial charge in [-0.15, -0.1) is 0 Å². The van der Waals surface area contributed by atoms with E-state index in [0.717, 1.165) is 16.9 Å². The predicted molar refractivity (Wildman–Crippen MR) is 66.1 cm³/mol. The number of nitrogens with one attached hydrogen (secondary N) is 3. The third kappa shape index (κ3) is 2.75. The molecule has 0 saturated carbocycles. The summed E-state index contributed by atoms with van der Waals surface area (Å²) < 4.78 is 0. The highest BCUT2D eigenvalue weighted by atomic mass is 16.2. The zero-order valence-electron chi connectivity index (χ0n) is 9.67. The van der Waals surface area contributed by atoms with Gasteiger partial charge in [-0.25, -0.2) is 4.79 Å². The van der Waals surface area contributed by atoms with E-state index in [2.05, 4.69) is 16.0 Å². The van der Waals surface area contributed by atoms with Gasteiger partial charge in [0, 0.05) is 24.3 Å². The molecule has 0 saturated heterocycles. The van der Waals surface area contributed by atoms with Crippen molar-refractivity contribution in [1.29, 1.82) is 0 Å². The number of aryl methyl sites for hydroxylation is 1. The van der Waals surface area contributed by atoms with E-state index in [0.29, 0.717) is 19.4 Å². The van der Waals surface area contributed by atoms with E-state index in [9.17, 15) is 9.59 Å². The second-order valence-corrected chi connectivity index (χ2v) is 3.90. The van der Waals surface area contributed by atoms with Crippen molar-refractivity contribution in [2.45, 2.75) is 19.8 Å². The lowest BCUT2D eigenvalue weighted by atomic mass is 10.0. The summed E-state index contributed by atoms with van der Waals surface area (Å²) in [7, 11) is 0. The molecule has 1 heterocycles. The first-order chi connectivity index (χ1) is 8.19. The third-order valence-electron chi connectivity index (χ3n) is 2.60. The van der Waals surface area contributed by atoms with Crippen molar-refractivity contribution in [2.75, 3.05) is 17.2 Å². The number of carbonyl (C=O) groups excluding carboxylic acids is 2. The molecule has 17 heavy (non-hydrogen) atoms. The molecule has 3 amide bonds. The van der Waals surface area contributed by atoms with Crippen LogP contribution in [0.1, 0.15) is 18.9 Å². The van der Waals surface area contributed by atoms with Crippen molar-refractivity contribution in [1.82, 2.24) is 5.32 Å². The van der Waals surface area contributed by atoms with Crippen LogP contribution < -0.4 is 16.0 Å². The lowest BCUT2D eigenvalue weighted by Crippen LogP contribution is -2.28. The van der Waals surface area contributed by atoms with Crippen LogP contribution in [0.15, 0.2) is 18.2 Å². The summed E-state index contributed by atoms with van der Waals surface area (Å²) in [6.07, 6.45) is 1.21. The van der Waals surface area contributed by atoms with Crippen molar-refractivity contribution in [3.8, 4) is 0 Å². The zero-order valence-corrected chi connectivity index (χ0v) is 9.67. The van der Waals surface area contributed by atoms with Crippen LogP contribution in [-0.4, -0.2) is 18.5 Å². The summed E-state index contributed by atoms with van der Waals surface area (Å²) in [5.74, 6) is 0.0435. The average Bonchev–Trinajstić information content (AvgIpc) is 2.29. The predicted octanol–water partition coefficient (Wildman–Crippen LogP) is 1.71. The molecule has 1 aromatic carbocycles. The first kappa shape index (κ1) is 11.4. The lowest BCUT2D eigenvalue weighted by molar-refractivity contribution is -0.116. The van der Waals surface area contributed by atoms with E-state index >= 15 is 0 Å². The largest absolute Gasteiger partial charge is 0.338 e. The summed E-state index contributed by atoms with van der Waals surface area (Å²) in [5, 5.41) is 8.20. The van der Waals surface area contributed by atoms with Crippen LogP contribution in [0.25, 0.3) is 0 Å². The van der Waals surface area contributed by atoms with Crippen molar-refractivity contribution >= 4 is 23.3 Å². The number of carbonyl (C=O) groups is 2. The maximum atomic E-state index is 11.3. The van der Waals surface area contributed by atoms with E-state index in [1.165, 1.54) is 0 Å². The second kappa shape index (κ2) is 4.86. The fourth-order valence-corrected chi connectivity index (χ4v) is 1.80. The monoisotopic (exact) mass is 233 g/mol. The van der Waals surface area contributed by atoms with Crippen LogP contribution in [0.3, 0.4) is 0 Å². The molecule has 0 aromatic heterocycles. The topological polar surface area (TPSA) is 70.2 Å². The Bertz CT molecular complexity index is 457. The van der Waals surface area contributed by atoms with E-state index in [1.807, 2.05) is 19.1 Å². The van der Waals surface area contributed by atoms with Gasteiger partial charge in [0.1, 0.15) is 0 Å². The maximum Gasteiger partial charge on any atom is 0.319 e. The van der Waals surface area contributed by atoms with Crippen LogP contribution in [0.5, 0.6) is 0 Å². The molecule has 0 fully saturated rings. The van der Waals surface area contributed by atoms with Crippen LogP contribution in [0.4, 0.5) is 16.2 Å². The van der Waals surface area contributed by atoms with Crippen LogP contribution in [-0.2, 0) is 11.2 Å². The lowest BCUT2D eigenvalue weighted by Gasteiger charge is -2.17. The summed E-state index contributed by atoms with van der Waals surface area (Å²) in [6, 6.07) is 5.27. The van der Waals surface area contributed by atoms with Gasteiger partial charge in [-0.3, -0.25) is 4.79 Å². The standard InChI is InChI=1S/C12H15N3O2/c1-2-13-12(17)14-9-4-5-10-8(7-9)3-6-11(16)15-10/h4-5,7H,2-3,6H2,1H3,(H,15,16)(H2,13,14,17). The number of benzene rings is 1. The molecule has 2 rings (SSSR count). The molecule has 0 spiro atoms. The van der Waals surface area contributed by atoms with Crippen LogP contribution in [0, 0.1) is 0 Å². The number of hydrogen-bond acceptors (Lipinski definition) is 2. The van der Waals surface area contributed by atoms with Gasteiger partial charge in [-0.1, -0.05) is 0 Å². The minimum Gasteiger partial charge on any atom is -0.338 e. The maximum absolute atomic E-state index is 11.3. The summed E-state index contributed by atoms with van der Waals surface area (Å²) in [6.45, 7) is 2.45. The van der Waals surface area contributed by atoms with Gasteiger partial charge >= 0.3 is 6.03 Å². The molecule has 0 bridgehead atoms. The van der Waals surface area contributed by atoms with Gasteiger partial charge in [0.15, 0.2) is 0 Å². The van der Waals surface area contributed by atoms with Crippen molar-refractivity contribution in [2.24, 2.45) is 0 Å². The number of rotatable bonds is 2. The smallest absolute Gasteiger partial charge is 0.319 e. The van der Waals surface area contributed by atoms with Gasteiger partial charge in [0.25, 0.3) is 0 Å². The normalized spacial score (nSPS) is 13.6. The van der Waals surface area contributed by atoms with Gasteiger partial charge in [0.2, 0.25) is 5.91 Å². The minimum atomic E-state index is -0.215. The Balaban J connectivity index is 2.11. The fourth-order valence-electron chi connectivity index (χ4n) is 1.80. The Labute approximate surface area is 99.6 Å². The molecular weight excluding hydrogens is 218 g/mol. The first-order valence-corrected chi connectivity index (χ1v) is 5.66. The Kier molecular flexibility index (Phi) is 3.27. The molecule has 0 atom stereocenters. The van der Waals surface area contributed by atoms with Gasteiger partial charge in [-0.2, -0.15) is 0 Å². The molecule has 1 aliphatic rings. The number of amides is 3. The number of hydrogen-bond donors (Lipinski definition) is 3. The molecule has 0 radical (unpaired) electrons. The highest BCUT2D eigenvalue weighted by Crippen LogP contribution is 2.25. The van der Waals surface area contributed by atoms with Crippen molar-refractivity contribution in [3.05, 3.63) is 23.8 Å².